The van der Waals surface area contributed by atoms with Crippen molar-refractivity contribution in [2.75, 3.05) is 6.61 Å². The van der Waals surface area contributed by atoms with Crippen molar-refractivity contribution in [1.82, 2.24) is 4.98 Å². The van der Waals surface area contributed by atoms with E-state index in [1.807, 2.05) is 31.6 Å². The van der Waals surface area contributed by atoms with Gasteiger partial charge >= 0.3 is 5.97 Å². The molecule has 0 bridgehead atoms. The summed E-state index contributed by atoms with van der Waals surface area (Å²) in [5, 5.41) is 2.19. The van der Waals surface area contributed by atoms with Gasteiger partial charge < -0.3 is 4.74 Å². The molecule has 0 spiro atoms. The molecule has 1 aliphatic rings. The molecular formula is C21H17FNO2S. The highest BCUT2D eigenvalue weighted by molar-refractivity contribution is 7.17. The van der Waals surface area contributed by atoms with E-state index in [2.05, 4.69) is 4.98 Å². The van der Waals surface area contributed by atoms with Crippen molar-refractivity contribution >= 4 is 33.7 Å². The molecule has 5 heteroatoms. The topological polar surface area (TPSA) is 39.2 Å². The summed E-state index contributed by atoms with van der Waals surface area (Å²) in [4.78, 5) is 17.1. The summed E-state index contributed by atoms with van der Waals surface area (Å²) in [5.41, 5.74) is 4.57. The van der Waals surface area contributed by atoms with Gasteiger partial charge in [0, 0.05) is 17.4 Å². The number of hydrogen-bond acceptors (Lipinski definition) is 4. The minimum atomic E-state index is -0.366. The normalized spacial score (nSPS) is 13.0. The number of rotatable bonds is 4. The van der Waals surface area contributed by atoms with Crippen LogP contribution in [0.2, 0.25) is 0 Å². The minimum absolute atomic E-state index is 0.256. The number of ether oxygens (including phenoxy) is 1. The molecule has 0 amide bonds. The van der Waals surface area contributed by atoms with E-state index in [0.29, 0.717) is 27.6 Å². The zero-order valence-electron chi connectivity index (χ0n) is 14.7. The van der Waals surface area contributed by atoms with Gasteiger partial charge in [-0.25, -0.2) is 14.2 Å². The van der Waals surface area contributed by atoms with Crippen molar-refractivity contribution < 1.29 is 13.9 Å². The van der Waals surface area contributed by atoms with E-state index in [0.717, 1.165) is 27.6 Å². The number of carbonyl (C=O) groups excluding carboxylic acids is 1. The second kappa shape index (κ2) is 6.32. The van der Waals surface area contributed by atoms with Crippen LogP contribution in [-0.2, 0) is 4.74 Å². The molecule has 0 fully saturated rings. The number of allylic oxidation sites excluding steroid dienone is 2. The van der Waals surface area contributed by atoms with Crippen LogP contribution < -0.4 is 0 Å². The van der Waals surface area contributed by atoms with E-state index < -0.39 is 0 Å². The standard InChI is InChI=1S/C21H17FNO2S/c1-4-25-21(24)19-12(3)23-20(26-19)14-9-15(13-6-7-13)18-11(2)5-8-17(22)16(18)10-14/h5-10H,4H2,1-3H3. The van der Waals surface area contributed by atoms with E-state index in [-0.39, 0.29) is 11.8 Å². The lowest BCUT2D eigenvalue weighted by Gasteiger charge is -2.10. The van der Waals surface area contributed by atoms with Gasteiger partial charge in [0.2, 0.25) is 0 Å². The highest BCUT2D eigenvalue weighted by Crippen LogP contribution is 2.41. The van der Waals surface area contributed by atoms with Crippen LogP contribution in [0.4, 0.5) is 4.39 Å². The Morgan fingerprint density at radius 2 is 2.04 bits per heavy atom. The Hall–Kier alpha value is -2.53. The predicted octanol–water partition coefficient (Wildman–Crippen LogP) is 5.50. The molecule has 1 radical (unpaired) electrons. The zero-order chi connectivity index (χ0) is 18.4. The van der Waals surface area contributed by atoms with Gasteiger partial charge in [0.05, 0.1) is 12.3 Å². The van der Waals surface area contributed by atoms with E-state index >= 15 is 0 Å². The summed E-state index contributed by atoms with van der Waals surface area (Å²) in [5.74, 6) is -0.621. The highest BCUT2D eigenvalue weighted by atomic mass is 32.1. The number of esters is 1. The second-order valence-corrected chi connectivity index (χ2v) is 7.25. The Labute approximate surface area is 155 Å². The smallest absolute Gasteiger partial charge is 0.350 e. The summed E-state index contributed by atoms with van der Waals surface area (Å²) in [6.07, 6.45) is 4.03. The predicted molar refractivity (Wildman–Crippen MR) is 103 cm³/mol. The fraction of sp³-hybridized carbons (Fsp3) is 0.190. The van der Waals surface area contributed by atoms with Gasteiger partial charge in [0.1, 0.15) is 15.7 Å². The number of aromatic nitrogens is 1. The lowest BCUT2D eigenvalue weighted by Crippen LogP contribution is -2.03. The quantitative estimate of drug-likeness (QED) is 0.573. The molecule has 0 saturated carbocycles. The number of carbonyl (C=O) groups is 1. The van der Waals surface area contributed by atoms with E-state index in [4.69, 9.17) is 4.74 Å². The van der Waals surface area contributed by atoms with Crippen LogP contribution in [0.5, 0.6) is 0 Å². The average molecular weight is 366 g/mol. The van der Waals surface area contributed by atoms with Crippen molar-refractivity contribution in [2.24, 2.45) is 0 Å². The Bertz CT molecular complexity index is 1080. The van der Waals surface area contributed by atoms with Gasteiger partial charge in [0.25, 0.3) is 0 Å². The number of halogens is 1. The van der Waals surface area contributed by atoms with Gasteiger partial charge in [-0.3, -0.25) is 0 Å². The molecule has 3 nitrogen and oxygen atoms in total. The van der Waals surface area contributed by atoms with Crippen LogP contribution in [0.3, 0.4) is 0 Å². The maximum absolute atomic E-state index is 14.5. The third-order valence-electron chi connectivity index (χ3n) is 4.42. The second-order valence-electron chi connectivity index (χ2n) is 6.25. The van der Waals surface area contributed by atoms with Crippen molar-refractivity contribution in [3.05, 3.63) is 64.3 Å². The fourth-order valence-corrected chi connectivity index (χ4v) is 4.05. The summed E-state index contributed by atoms with van der Waals surface area (Å²) >= 11 is 1.28. The summed E-state index contributed by atoms with van der Waals surface area (Å²) in [6, 6.07) is 7.14. The average Bonchev–Trinajstić information content (AvgIpc) is 3.39. The largest absolute Gasteiger partial charge is 0.462 e. The lowest BCUT2D eigenvalue weighted by molar-refractivity contribution is 0.0531. The summed E-state index contributed by atoms with van der Waals surface area (Å²) in [7, 11) is 0. The van der Waals surface area contributed by atoms with Crippen LogP contribution in [0.15, 0.2) is 30.3 Å². The molecule has 4 rings (SSSR count). The molecule has 0 aliphatic heterocycles. The van der Waals surface area contributed by atoms with Crippen molar-refractivity contribution in [2.45, 2.75) is 20.8 Å². The van der Waals surface area contributed by atoms with Crippen molar-refractivity contribution in [3.8, 4) is 10.6 Å². The van der Waals surface area contributed by atoms with Crippen molar-refractivity contribution in [3.63, 3.8) is 0 Å². The van der Waals surface area contributed by atoms with E-state index in [1.54, 1.807) is 19.9 Å². The van der Waals surface area contributed by atoms with Gasteiger partial charge in [-0.15, -0.1) is 11.3 Å². The summed E-state index contributed by atoms with van der Waals surface area (Å²) in [6.45, 7) is 5.87. The SMILES string of the molecule is CCOC(=O)c1sc(-c2cc(C3=C[CH]3)c3c(C)ccc(F)c3c2)nc1C. The first-order valence-corrected chi connectivity index (χ1v) is 9.24. The third-order valence-corrected chi connectivity index (χ3v) is 5.60. The molecule has 131 valence electrons. The lowest BCUT2D eigenvalue weighted by atomic mass is 9.95. The van der Waals surface area contributed by atoms with E-state index in [1.165, 1.54) is 17.4 Å². The van der Waals surface area contributed by atoms with Gasteiger partial charge in [-0.2, -0.15) is 0 Å². The molecular weight excluding hydrogens is 349 g/mol. The minimum Gasteiger partial charge on any atom is -0.462 e. The molecule has 0 N–H and O–H groups in total. The Kier molecular flexibility index (Phi) is 4.11. The molecule has 26 heavy (non-hydrogen) atoms. The van der Waals surface area contributed by atoms with Crippen LogP contribution >= 0.6 is 11.3 Å². The molecule has 2 aromatic carbocycles. The Morgan fingerprint density at radius 1 is 1.27 bits per heavy atom. The number of thiazole rings is 1. The molecule has 1 heterocycles. The van der Waals surface area contributed by atoms with Gasteiger partial charge in [-0.05, 0) is 61.1 Å². The van der Waals surface area contributed by atoms with Gasteiger partial charge in [-0.1, -0.05) is 12.1 Å². The third kappa shape index (κ3) is 2.82. The maximum atomic E-state index is 14.5. The zero-order valence-corrected chi connectivity index (χ0v) is 15.5. The van der Waals surface area contributed by atoms with Crippen LogP contribution in [0.25, 0.3) is 26.9 Å². The molecule has 1 aromatic heterocycles. The number of benzene rings is 2. The van der Waals surface area contributed by atoms with E-state index in [9.17, 15) is 9.18 Å². The number of aryl methyl sites for hydroxylation is 2. The molecule has 1 aliphatic carbocycles. The molecule has 3 aromatic rings. The molecule has 0 saturated heterocycles. The first kappa shape index (κ1) is 16.9. The first-order valence-electron chi connectivity index (χ1n) is 8.42. The monoisotopic (exact) mass is 366 g/mol. The van der Waals surface area contributed by atoms with Crippen LogP contribution in [-0.4, -0.2) is 17.6 Å². The first-order chi connectivity index (χ1) is 12.5. The maximum Gasteiger partial charge on any atom is 0.350 e. The summed E-state index contributed by atoms with van der Waals surface area (Å²) < 4.78 is 19.6. The highest BCUT2D eigenvalue weighted by Gasteiger charge is 2.21. The van der Waals surface area contributed by atoms with Crippen molar-refractivity contribution in [1.29, 1.82) is 0 Å². The van der Waals surface area contributed by atoms with Crippen LogP contribution in [0.1, 0.15) is 33.4 Å². The molecule has 0 atom stereocenters. The Morgan fingerprint density at radius 3 is 2.73 bits per heavy atom. The molecule has 0 unspecified atom stereocenters. The number of hydrogen-bond donors (Lipinski definition) is 0. The Balaban J connectivity index is 1.91. The van der Waals surface area contributed by atoms with Crippen LogP contribution in [0, 0.1) is 26.1 Å². The fourth-order valence-electron chi connectivity index (χ4n) is 3.10. The number of nitrogens with zero attached hydrogens (tertiary/aromatic N) is 1. The van der Waals surface area contributed by atoms with Gasteiger partial charge in [0.15, 0.2) is 0 Å². The number of fused-ring (bicyclic) bond motifs is 1.